The van der Waals surface area contributed by atoms with Crippen LogP contribution in [0.4, 0.5) is 13.6 Å². The van der Waals surface area contributed by atoms with Gasteiger partial charge in [-0.2, -0.15) is 0 Å². The standard InChI is InChI=1S/C23H29F2N5O5/c24-22(25,12-15-4-2-1-3-5-15)14-16(18(31)28-23(26)6-7-23)27-20(34)30-10-8-21(9-11-30)13-17(19(32)33)29-35-21/h1-5,16H,6-14,26H2,(H,27,34)(H,28,31)(H,32,33)/t16-/m0/s1. The van der Waals surface area contributed by atoms with Crippen molar-refractivity contribution in [1.82, 2.24) is 15.5 Å². The number of urea groups is 1. The van der Waals surface area contributed by atoms with Crippen LogP contribution in [0.25, 0.3) is 0 Å². The average molecular weight is 494 g/mol. The lowest BCUT2D eigenvalue weighted by atomic mass is 9.87. The highest BCUT2D eigenvalue weighted by molar-refractivity contribution is 6.36. The summed E-state index contributed by atoms with van der Waals surface area (Å²) in [6, 6.07) is 6.05. The number of alkyl halides is 2. The average Bonchev–Trinajstić information content (AvgIpc) is 3.37. The van der Waals surface area contributed by atoms with Crippen molar-refractivity contribution < 1.29 is 33.1 Å². The zero-order valence-corrected chi connectivity index (χ0v) is 19.1. The number of hydrogen-bond acceptors (Lipinski definition) is 6. The van der Waals surface area contributed by atoms with E-state index in [1.165, 1.54) is 4.90 Å². The summed E-state index contributed by atoms with van der Waals surface area (Å²) in [7, 11) is 0. The van der Waals surface area contributed by atoms with Crippen molar-refractivity contribution in [3.05, 3.63) is 35.9 Å². The Bertz CT molecular complexity index is 1010. The molecule has 3 aliphatic rings. The van der Waals surface area contributed by atoms with Crippen molar-refractivity contribution in [2.24, 2.45) is 10.9 Å². The van der Waals surface area contributed by atoms with E-state index in [1.807, 2.05) is 0 Å². The van der Waals surface area contributed by atoms with Crippen LogP contribution in [0.15, 0.2) is 35.5 Å². The van der Waals surface area contributed by atoms with Gasteiger partial charge in [-0.05, 0) is 18.4 Å². The highest BCUT2D eigenvalue weighted by Gasteiger charge is 2.46. The number of carbonyl (C=O) groups is 3. The molecule has 1 aromatic rings. The molecule has 1 aromatic carbocycles. The second-order valence-corrected chi connectivity index (χ2v) is 9.65. The zero-order valence-electron chi connectivity index (χ0n) is 19.1. The molecular weight excluding hydrogens is 464 g/mol. The lowest BCUT2D eigenvalue weighted by Crippen LogP contribution is -2.58. The Kier molecular flexibility index (Phi) is 6.67. The summed E-state index contributed by atoms with van der Waals surface area (Å²) in [4.78, 5) is 43.6. The van der Waals surface area contributed by atoms with Gasteiger partial charge in [-0.25, -0.2) is 18.4 Å². The van der Waals surface area contributed by atoms with Gasteiger partial charge in [0.1, 0.15) is 11.6 Å². The van der Waals surface area contributed by atoms with Crippen LogP contribution in [-0.2, 0) is 20.8 Å². The van der Waals surface area contributed by atoms with Gasteiger partial charge in [0.2, 0.25) is 5.91 Å². The Hall–Kier alpha value is -3.28. The molecule has 3 amide bonds. The number of benzene rings is 1. The first-order valence-electron chi connectivity index (χ1n) is 11.5. The van der Waals surface area contributed by atoms with Crippen LogP contribution in [0.3, 0.4) is 0 Å². The molecule has 1 aliphatic carbocycles. The maximum atomic E-state index is 14.9. The number of carbonyl (C=O) groups excluding carboxylic acids is 2. The normalized spacial score (nSPS) is 21.0. The first-order chi connectivity index (χ1) is 16.5. The maximum absolute atomic E-state index is 14.9. The Morgan fingerprint density at radius 1 is 1.17 bits per heavy atom. The van der Waals surface area contributed by atoms with Crippen LogP contribution in [0.1, 0.15) is 44.1 Å². The molecule has 0 unspecified atom stereocenters. The fourth-order valence-corrected chi connectivity index (χ4v) is 4.33. The summed E-state index contributed by atoms with van der Waals surface area (Å²) in [5.74, 6) is -5.16. The van der Waals surface area contributed by atoms with Gasteiger partial charge in [-0.3, -0.25) is 4.79 Å². The summed E-state index contributed by atoms with van der Waals surface area (Å²) in [6.07, 6.45) is 0.403. The van der Waals surface area contributed by atoms with Crippen LogP contribution in [0.5, 0.6) is 0 Å². The number of piperidine rings is 1. The number of nitrogens with two attached hydrogens (primary N) is 1. The number of hydrogen-bond donors (Lipinski definition) is 4. The van der Waals surface area contributed by atoms with Crippen LogP contribution in [0.2, 0.25) is 0 Å². The van der Waals surface area contributed by atoms with E-state index in [9.17, 15) is 23.2 Å². The largest absolute Gasteiger partial charge is 0.477 e. The summed E-state index contributed by atoms with van der Waals surface area (Å²) < 4.78 is 29.8. The van der Waals surface area contributed by atoms with Crippen molar-refractivity contribution in [1.29, 1.82) is 0 Å². The van der Waals surface area contributed by atoms with Crippen molar-refractivity contribution in [2.75, 3.05) is 13.1 Å². The quantitative estimate of drug-likeness (QED) is 0.405. The predicted octanol–water partition coefficient (Wildman–Crippen LogP) is 1.59. The van der Waals surface area contributed by atoms with E-state index in [-0.39, 0.29) is 25.2 Å². The molecule has 35 heavy (non-hydrogen) atoms. The third kappa shape index (κ3) is 6.24. The van der Waals surface area contributed by atoms with E-state index < -0.39 is 54.0 Å². The van der Waals surface area contributed by atoms with Gasteiger partial charge >= 0.3 is 12.0 Å². The van der Waals surface area contributed by atoms with Gasteiger partial charge < -0.3 is 31.2 Å². The molecular formula is C23H29F2N5O5. The number of carboxylic acid groups (broad SMARTS) is 1. The molecule has 190 valence electrons. The van der Waals surface area contributed by atoms with E-state index in [4.69, 9.17) is 15.7 Å². The third-order valence-electron chi connectivity index (χ3n) is 6.63. The molecule has 0 aromatic heterocycles. The highest BCUT2D eigenvalue weighted by Crippen LogP contribution is 2.35. The first-order valence-corrected chi connectivity index (χ1v) is 11.5. The van der Waals surface area contributed by atoms with Crippen LogP contribution < -0.4 is 16.4 Å². The van der Waals surface area contributed by atoms with Gasteiger partial charge in [0.25, 0.3) is 5.92 Å². The Morgan fingerprint density at radius 2 is 1.83 bits per heavy atom. The molecule has 1 atom stereocenters. The maximum Gasteiger partial charge on any atom is 0.353 e. The number of rotatable bonds is 8. The molecule has 1 saturated heterocycles. The van der Waals surface area contributed by atoms with E-state index in [1.54, 1.807) is 30.3 Å². The predicted molar refractivity (Wildman–Crippen MR) is 121 cm³/mol. The Morgan fingerprint density at radius 3 is 2.40 bits per heavy atom. The summed E-state index contributed by atoms with van der Waals surface area (Å²) in [5, 5.41) is 17.7. The van der Waals surface area contributed by atoms with Gasteiger partial charge in [0.15, 0.2) is 5.71 Å². The molecule has 5 N–H and O–H groups in total. The molecule has 2 heterocycles. The smallest absolute Gasteiger partial charge is 0.353 e. The fourth-order valence-electron chi connectivity index (χ4n) is 4.33. The van der Waals surface area contributed by atoms with Crippen LogP contribution >= 0.6 is 0 Å². The fraction of sp³-hybridized carbons (Fsp3) is 0.565. The topological polar surface area (TPSA) is 146 Å². The molecule has 1 spiro atoms. The number of nitrogens with zero attached hydrogens (tertiary/aromatic N) is 2. The number of nitrogens with one attached hydrogen (secondary N) is 2. The molecule has 2 fully saturated rings. The lowest BCUT2D eigenvalue weighted by Gasteiger charge is -2.37. The van der Waals surface area contributed by atoms with Crippen LogP contribution in [-0.4, -0.2) is 69.9 Å². The minimum absolute atomic E-state index is 0.0731. The zero-order chi connectivity index (χ0) is 25.3. The number of oxime groups is 1. The van der Waals surface area contributed by atoms with Crippen LogP contribution in [0, 0.1) is 0 Å². The van der Waals surface area contributed by atoms with Gasteiger partial charge in [0.05, 0.1) is 5.66 Å². The number of halogens is 2. The highest BCUT2D eigenvalue weighted by atomic mass is 19.3. The minimum atomic E-state index is -3.25. The summed E-state index contributed by atoms with van der Waals surface area (Å²) in [5.41, 5.74) is 4.57. The Labute approximate surface area is 200 Å². The second-order valence-electron chi connectivity index (χ2n) is 9.65. The summed E-state index contributed by atoms with van der Waals surface area (Å²) >= 11 is 0. The molecule has 1 saturated carbocycles. The van der Waals surface area contributed by atoms with Crippen molar-refractivity contribution >= 4 is 23.6 Å². The number of likely N-dealkylation sites (tertiary alicyclic amines) is 1. The summed E-state index contributed by atoms with van der Waals surface area (Å²) in [6.45, 7) is 0.396. The SMILES string of the molecule is NC1(NC(=O)[C@H](CC(F)(F)Cc2ccccc2)NC(=O)N2CCC3(CC2)CC(C(=O)O)=NO3)CC1. The van der Waals surface area contributed by atoms with Gasteiger partial charge in [-0.15, -0.1) is 0 Å². The molecule has 12 heteroatoms. The van der Waals surface area contributed by atoms with Crippen molar-refractivity contribution in [2.45, 2.75) is 68.2 Å². The third-order valence-corrected chi connectivity index (χ3v) is 6.63. The molecule has 0 radical (unpaired) electrons. The van der Waals surface area contributed by atoms with E-state index in [0.717, 1.165) is 0 Å². The Balaban J connectivity index is 1.38. The van der Waals surface area contributed by atoms with E-state index >= 15 is 0 Å². The number of carboxylic acids is 1. The second kappa shape index (κ2) is 9.40. The molecule has 0 bridgehead atoms. The van der Waals surface area contributed by atoms with Crippen molar-refractivity contribution in [3.8, 4) is 0 Å². The van der Waals surface area contributed by atoms with Gasteiger partial charge in [-0.1, -0.05) is 35.5 Å². The van der Waals surface area contributed by atoms with Crippen molar-refractivity contribution in [3.63, 3.8) is 0 Å². The first kappa shape index (κ1) is 24.8. The molecule has 10 nitrogen and oxygen atoms in total. The van der Waals surface area contributed by atoms with Gasteiger partial charge in [0, 0.05) is 45.2 Å². The lowest BCUT2D eigenvalue weighted by molar-refractivity contribution is -0.129. The molecule has 4 rings (SSSR count). The van der Waals surface area contributed by atoms with E-state index in [2.05, 4.69) is 15.8 Å². The van der Waals surface area contributed by atoms with E-state index in [0.29, 0.717) is 31.2 Å². The number of amides is 3. The number of aliphatic carboxylic acids is 1. The molecule has 2 aliphatic heterocycles. The monoisotopic (exact) mass is 493 g/mol. The minimum Gasteiger partial charge on any atom is -0.477 e.